The molecule has 0 amide bonds. The van der Waals surface area contributed by atoms with Crippen LogP contribution in [0.5, 0.6) is 0 Å². The van der Waals surface area contributed by atoms with Crippen LogP contribution < -0.4 is 5.73 Å². The Morgan fingerprint density at radius 3 is 1.49 bits per heavy atom. The molecule has 0 aromatic carbocycles. The van der Waals surface area contributed by atoms with E-state index in [1.165, 1.54) is 51.4 Å². The van der Waals surface area contributed by atoms with E-state index in [4.69, 9.17) is 24.3 Å². The summed E-state index contributed by atoms with van der Waals surface area (Å²) in [5.41, 5.74) is 5.34. The molecule has 0 aliphatic carbocycles. The number of hydrogen-bond donors (Lipinski definition) is 2. The van der Waals surface area contributed by atoms with E-state index in [9.17, 15) is 19.0 Å². The summed E-state index contributed by atoms with van der Waals surface area (Å²) in [6.07, 6.45) is 54.5. The fourth-order valence-electron chi connectivity index (χ4n) is 5.26. The molecule has 3 N–H and O–H groups in total. The predicted octanol–water partition coefficient (Wildman–Crippen LogP) is 12.6. The molecule has 0 fully saturated rings. The van der Waals surface area contributed by atoms with Crippen molar-refractivity contribution in [3.8, 4) is 0 Å². The number of allylic oxidation sites excluding steroid dienone is 16. The Labute approximate surface area is 346 Å². The van der Waals surface area contributed by atoms with Crippen LogP contribution in [0.25, 0.3) is 0 Å². The highest BCUT2D eigenvalue weighted by molar-refractivity contribution is 7.47. The molecule has 0 spiro atoms. The van der Waals surface area contributed by atoms with E-state index in [0.29, 0.717) is 19.3 Å². The summed E-state index contributed by atoms with van der Waals surface area (Å²) in [6.45, 7) is 3.48. The normalized spacial score (nSPS) is 14.2. The lowest BCUT2D eigenvalue weighted by atomic mass is 10.1. The first-order chi connectivity index (χ1) is 27.8. The van der Waals surface area contributed by atoms with Gasteiger partial charge in [0.2, 0.25) is 0 Å². The van der Waals surface area contributed by atoms with Gasteiger partial charge in [-0.1, -0.05) is 150 Å². The number of ether oxygens (including phenoxy) is 2. The van der Waals surface area contributed by atoms with E-state index in [0.717, 1.165) is 57.8 Å². The van der Waals surface area contributed by atoms with Crippen molar-refractivity contribution in [1.82, 2.24) is 0 Å². The van der Waals surface area contributed by atoms with Gasteiger partial charge in [-0.3, -0.25) is 18.6 Å². The zero-order chi connectivity index (χ0) is 41.8. The Bertz CT molecular complexity index is 1250. The van der Waals surface area contributed by atoms with E-state index >= 15 is 0 Å². The minimum atomic E-state index is -4.41. The van der Waals surface area contributed by atoms with Gasteiger partial charge in [-0.2, -0.15) is 0 Å². The third kappa shape index (κ3) is 42.4. The minimum Gasteiger partial charge on any atom is -0.462 e. The Kier molecular flexibility index (Phi) is 40.2. The third-order valence-corrected chi connectivity index (χ3v) is 9.44. The second kappa shape index (κ2) is 42.5. The molecule has 9 nitrogen and oxygen atoms in total. The van der Waals surface area contributed by atoms with Crippen LogP contribution >= 0.6 is 7.82 Å². The predicted molar refractivity (Wildman–Crippen MR) is 238 cm³/mol. The van der Waals surface area contributed by atoms with Crippen LogP contribution in [0.1, 0.15) is 155 Å². The van der Waals surface area contributed by atoms with E-state index in [1.807, 2.05) is 6.08 Å². The minimum absolute atomic E-state index is 0.0335. The Balaban J connectivity index is 4.34. The van der Waals surface area contributed by atoms with Crippen LogP contribution in [0, 0.1) is 0 Å². The molecule has 0 aliphatic rings. The summed E-state index contributed by atoms with van der Waals surface area (Å²) in [5, 5.41) is 0. The van der Waals surface area contributed by atoms with Crippen LogP contribution in [-0.2, 0) is 32.7 Å². The quantitative estimate of drug-likeness (QED) is 0.0269. The van der Waals surface area contributed by atoms with E-state index < -0.39 is 32.5 Å². The molecule has 0 saturated heterocycles. The summed E-state index contributed by atoms with van der Waals surface area (Å²) in [5.74, 6) is -0.953. The van der Waals surface area contributed by atoms with Crippen molar-refractivity contribution in [2.45, 2.75) is 161 Å². The van der Waals surface area contributed by atoms with Crippen LogP contribution in [0.3, 0.4) is 0 Å². The first-order valence-electron chi connectivity index (χ1n) is 21.7. The summed E-state index contributed by atoms with van der Waals surface area (Å²) in [7, 11) is -4.41. The van der Waals surface area contributed by atoms with Crippen LogP contribution in [0.4, 0.5) is 0 Å². The van der Waals surface area contributed by atoms with Gasteiger partial charge in [0.25, 0.3) is 0 Å². The lowest BCUT2D eigenvalue weighted by molar-refractivity contribution is -0.161. The molecule has 0 aliphatic heterocycles. The fraction of sp³-hybridized carbons (Fsp3) is 0.617. The fourth-order valence-corrected chi connectivity index (χ4v) is 6.03. The maximum atomic E-state index is 12.6. The highest BCUT2D eigenvalue weighted by atomic mass is 31.2. The molecule has 0 saturated carbocycles. The van der Waals surface area contributed by atoms with Gasteiger partial charge in [-0.15, -0.1) is 0 Å². The van der Waals surface area contributed by atoms with Gasteiger partial charge in [-0.25, -0.2) is 4.57 Å². The largest absolute Gasteiger partial charge is 0.472 e. The van der Waals surface area contributed by atoms with Crippen LogP contribution in [-0.4, -0.2) is 49.3 Å². The number of phosphoric ester groups is 1. The summed E-state index contributed by atoms with van der Waals surface area (Å²) in [6, 6.07) is 0. The van der Waals surface area contributed by atoms with Gasteiger partial charge in [0.15, 0.2) is 6.10 Å². The molecule has 57 heavy (non-hydrogen) atoms. The van der Waals surface area contributed by atoms with Crippen molar-refractivity contribution in [2.75, 3.05) is 26.4 Å². The SMILES string of the molecule is CC/C=C/C/C=C/C/C=C/C/C=C/CCCCC(=O)OC[C@H](COP(=O)(O)OCCN)OC(=O)CCC/C=C/C/C=C/C/C=C/C/C=C/CCCCCCCCC. The second-order valence-corrected chi connectivity index (χ2v) is 15.3. The number of carbonyl (C=O) groups excluding carboxylic acids is 2. The average Bonchev–Trinajstić information content (AvgIpc) is 3.20. The second-order valence-electron chi connectivity index (χ2n) is 13.8. The molecular formula is C47H78NO8P. The van der Waals surface area contributed by atoms with Gasteiger partial charge in [0, 0.05) is 19.4 Å². The number of phosphoric acid groups is 1. The molecule has 2 atom stereocenters. The molecule has 0 rings (SSSR count). The standard InChI is InChI=1S/C47H78NO8P/c1-3-5-7-9-11-13-15-17-19-20-21-22-23-24-26-28-30-32-34-36-38-40-47(50)56-45(44-55-57(51,52)54-42-41-48)43-53-46(49)39-37-35-33-31-29-27-25-18-16-14-12-10-8-6-4-2/h6,8,12,14,18-20,22-23,25-26,28-29,31-32,34,45H,3-5,7,9-11,13,15-17,21,24,27,30,33,35-44,48H2,1-2H3,(H,51,52)/b8-6+,14-12+,20-19+,23-22+,25-18+,28-26+,31-29+,34-32+/t45-/m1/s1. The van der Waals surface area contributed by atoms with Crippen molar-refractivity contribution in [3.63, 3.8) is 0 Å². The third-order valence-electron chi connectivity index (χ3n) is 8.45. The number of rotatable bonds is 39. The van der Waals surface area contributed by atoms with Gasteiger partial charge < -0.3 is 20.1 Å². The average molecular weight is 816 g/mol. The summed E-state index contributed by atoms with van der Waals surface area (Å²) in [4.78, 5) is 34.8. The van der Waals surface area contributed by atoms with E-state index in [2.05, 4.69) is 105 Å². The Morgan fingerprint density at radius 1 is 0.544 bits per heavy atom. The molecule has 0 aromatic heterocycles. The molecule has 0 bridgehead atoms. The number of esters is 2. The topological polar surface area (TPSA) is 134 Å². The zero-order valence-corrected chi connectivity index (χ0v) is 36.4. The van der Waals surface area contributed by atoms with Crippen molar-refractivity contribution in [3.05, 3.63) is 97.2 Å². The maximum Gasteiger partial charge on any atom is 0.472 e. The van der Waals surface area contributed by atoms with Crippen molar-refractivity contribution in [1.29, 1.82) is 0 Å². The Morgan fingerprint density at radius 2 is 0.982 bits per heavy atom. The highest BCUT2D eigenvalue weighted by Crippen LogP contribution is 2.43. The number of nitrogens with two attached hydrogens (primary N) is 1. The summed E-state index contributed by atoms with van der Waals surface area (Å²) < 4.78 is 32.7. The smallest absolute Gasteiger partial charge is 0.462 e. The molecule has 0 aromatic rings. The number of unbranched alkanes of at least 4 members (excludes halogenated alkanes) is 10. The Hall–Kier alpha value is -3.07. The lowest BCUT2D eigenvalue weighted by Crippen LogP contribution is -2.29. The number of carbonyl (C=O) groups is 2. The van der Waals surface area contributed by atoms with Crippen molar-refractivity contribution in [2.24, 2.45) is 5.73 Å². The van der Waals surface area contributed by atoms with Crippen molar-refractivity contribution >= 4 is 19.8 Å². The highest BCUT2D eigenvalue weighted by Gasteiger charge is 2.25. The van der Waals surface area contributed by atoms with Gasteiger partial charge in [0.05, 0.1) is 13.2 Å². The molecule has 0 radical (unpaired) electrons. The van der Waals surface area contributed by atoms with Gasteiger partial charge >= 0.3 is 19.8 Å². The molecule has 1 unspecified atom stereocenters. The lowest BCUT2D eigenvalue weighted by Gasteiger charge is -2.19. The molecule has 10 heteroatoms. The number of hydrogen-bond acceptors (Lipinski definition) is 8. The monoisotopic (exact) mass is 816 g/mol. The first-order valence-corrected chi connectivity index (χ1v) is 23.2. The van der Waals surface area contributed by atoms with Crippen LogP contribution in [0.15, 0.2) is 97.2 Å². The molecule has 0 heterocycles. The van der Waals surface area contributed by atoms with E-state index in [1.54, 1.807) is 0 Å². The zero-order valence-electron chi connectivity index (χ0n) is 35.5. The maximum absolute atomic E-state index is 12.6. The molecular weight excluding hydrogens is 737 g/mol. The first kappa shape index (κ1) is 53.9. The van der Waals surface area contributed by atoms with Crippen molar-refractivity contribution < 1.29 is 37.6 Å². The van der Waals surface area contributed by atoms with Gasteiger partial charge in [-0.05, 0) is 89.9 Å². The van der Waals surface area contributed by atoms with Crippen LogP contribution in [0.2, 0.25) is 0 Å². The van der Waals surface area contributed by atoms with E-state index in [-0.39, 0.29) is 32.6 Å². The molecule has 324 valence electrons. The summed E-state index contributed by atoms with van der Waals surface area (Å²) >= 11 is 0. The van der Waals surface area contributed by atoms with Gasteiger partial charge in [0.1, 0.15) is 6.61 Å².